The third-order valence-electron chi connectivity index (χ3n) is 4.48. The largest absolute Gasteiger partial charge is 0.324 e. The van der Waals surface area contributed by atoms with Crippen LogP contribution in [0.1, 0.15) is 30.9 Å². The van der Waals surface area contributed by atoms with Crippen molar-refractivity contribution < 1.29 is 9.18 Å². The fraction of sp³-hybridized carbons (Fsp3) is 0.300. The number of nitriles is 1. The molecule has 1 fully saturated rings. The van der Waals surface area contributed by atoms with E-state index in [9.17, 15) is 9.18 Å². The molecule has 1 saturated carbocycles. The first kappa shape index (κ1) is 17.1. The molecular formula is C20H20FN3O. The Morgan fingerprint density at radius 1 is 1.28 bits per heavy atom. The Balaban J connectivity index is 1.72. The summed E-state index contributed by atoms with van der Waals surface area (Å²) >= 11 is 0. The summed E-state index contributed by atoms with van der Waals surface area (Å²) in [5, 5.41) is 12.0. The molecule has 0 unspecified atom stereocenters. The lowest BCUT2D eigenvalue weighted by Crippen LogP contribution is -2.43. The van der Waals surface area contributed by atoms with Crippen LogP contribution in [-0.4, -0.2) is 22.9 Å². The van der Waals surface area contributed by atoms with Crippen molar-refractivity contribution in [1.29, 1.82) is 5.26 Å². The van der Waals surface area contributed by atoms with Crippen LogP contribution in [0.2, 0.25) is 0 Å². The van der Waals surface area contributed by atoms with E-state index >= 15 is 0 Å². The molecule has 25 heavy (non-hydrogen) atoms. The maximum absolute atomic E-state index is 13.1. The van der Waals surface area contributed by atoms with E-state index in [0.717, 1.165) is 18.4 Å². The van der Waals surface area contributed by atoms with Gasteiger partial charge in [0.25, 0.3) is 0 Å². The van der Waals surface area contributed by atoms with Gasteiger partial charge in [-0.2, -0.15) is 5.26 Å². The third-order valence-corrected chi connectivity index (χ3v) is 4.48. The van der Waals surface area contributed by atoms with Gasteiger partial charge < -0.3 is 5.32 Å². The molecule has 0 bridgehead atoms. The van der Waals surface area contributed by atoms with Gasteiger partial charge in [-0.25, -0.2) is 4.39 Å². The van der Waals surface area contributed by atoms with Gasteiger partial charge in [0.05, 0.1) is 17.3 Å². The van der Waals surface area contributed by atoms with E-state index in [1.165, 1.54) is 12.1 Å². The number of hydrogen-bond donors (Lipinski definition) is 1. The predicted octanol–water partition coefficient (Wildman–Crippen LogP) is 3.69. The Labute approximate surface area is 146 Å². The Morgan fingerprint density at radius 3 is 2.60 bits per heavy atom. The lowest BCUT2D eigenvalue weighted by Gasteiger charge is -2.28. The van der Waals surface area contributed by atoms with Crippen molar-refractivity contribution >= 4 is 11.6 Å². The van der Waals surface area contributed by atoms with Gasteiger partial charge in [0.15, 0.2) is 0 Å². The molecule has 5 heteroatoms. The van der Waals surface area contributed by atoms with Gasteiger partial charge in [0.1, 0.15) is 11.9 Å². The van der Waals surface area contributed by atoms with Gasteiger partial charge in [-0.1, -0.05) is 24.3 Å². The van der Waals surface area contributed by atoms with Crippen LogP contribution in [0, 0.1) is 17.1 Å². The van der Waals surface area contributed by atoms with Crippen molar-refractivity contribution in [3.8, 4) is 6.07 Å². The molecule has 3 rings (SSSR count). The van der Waals surface area contributed by atoms with E-state index in [-0.39, 0.29) is 17.8 Å². The van der Waals surface area contributed by atoms with Crippen LogP contribution in [0.5, 0.6) is 0 Å². The van der Waals surface area contributed by atoms with Crippen molar-refractivity contribution in [2.75, 3.05) is 5.32 Å². The molecule has 2 aromatic rings. The summed E-state index contributed by atoms with van der Waals surface area (Å²) in [6.07, 6.45) is 2.13. The lowest BCUT2D eigenvalue weighted by molar-refractivity contribution is -0.121. The van der Waals surface area contributed by atoms with Crippen molar-refractivity contribution in [3.05, 3.63) is 65.5 Å². The summed E-state index contributed by atoms with van der Waals surface area (Å²) in [5.41, 5.74) is 1.95. The molecule has 0 radical (unpaired) electrons. The fourth-order valence-corrected chi connectivity index (χ4v) is 2.87. The molecule has 0 aliphatic heterocycles. The van der Waals surface area contributed by atoms with Gasteiger partial charge in [-0.3, -0.25) is 9.69 Å². The number of halogens is 1. The molecule has 4 nitrogen and oxygen atoms in total. The molecule has 1 atom stereocenters. The molecule has 0 spiro atoms. The molecule has 0 saturated heterocycles. The molecule has 1 amide bonds. The first-order valence-corrected chi connectivity index (χ1v) is 8.38. The highest BCUT2D eigenvalue weighted by atomic mass is 19.1. The Hall–Kier alpha value is -2.71. The predicted molar refractivity (Wildman–Crippen MR) is 94.2 cm³/mol. The second kappa shape index (κ2) is 7.45. The van der Waals surface area contributed by atoms with Crippen LogP contribution in [0.3, 0.4) is 0 Å². The van der Waals surface area contributed by atoms with Gasteiger partial charge in [0.2, 0.25) is 5.91 Å². The molecule has 0 aromatic heterocycles. The zero-order chi connectivity index (χ0) is 17.8. The minimum absolute atomic E-state index is 0.142. The van der Waals surface area contributed by atoms with Crippen LogP contribution in [0.25, 0.3) is 0 Å². The van der Waals surface area contributed by atoms with E-state index in [0.29, 0.717) is 23.8 Å². The van der Waals surface area contributed by atoms with Gasteiger partial charge >= 0.3 is 0 Å². The molecular weight excluding hydrogens is 317 g/mol. The second-order valence-electron chi connectivity index (χ2n) is 6.35. The third kappa shape index (κ3) is 4.23. The second-order valence-corrected chi connectivity index (χ2v) is 6.35. The van der Waals surface area contributed by atoms with E-state index in [1.807, 2.05) is 6.92 Å². The molecule has 1 aliphatic carbocycles. The topological polar surface area (TPSA) is 56.1 Å². The highest BCUT2D eigenvalue weighted by Crippen LogP contribution is 2.30. The van der Waals surface area contributed by atoms with Crippen molar-refractivity contribution in [2.45, 2.75) is 38.4 Å². The van der Waals surface area contributed by atoms with Crippen LogP contribution in [0.15, 0.2) is 48.5 Å². The summed E-state index contributed by atoms with van der Waals surface area (Å²) in [5.74, 6) is -0.405. The Morgan fingerprint density at radius 2 is 1.96 bits per heavy atom. The number of hydrogen-bond acceptors (Lipinski definition) is 3. The number of rotatable bonds is 6. The summed E-state index contributed by atoms with van der Waals surface area (Å²) in [4.78, 5) is 14.8. The SMILES string of the molecule is C[C@@H](C(=O)Nc1ccccc1C#N)N(Cc1ccc(F)cc1)C1CC1. The maximum Gasteiger partial charge on any atom is 0.241 e. The Bertz CT molecular complexity index is 793. The van der Waals surface area contributed by atoms with E-state index in [1.54, 1.807) is 36.4 Å². The van der Waals surface area contributed by atoms with Crippen LogP contribution in [-0.2, 0) is 11.3 Å². The van der Waals surface area contributed by atoms with Crippen LogP contribution >= 0.6 is 0 Å². The number of para-hydroxylation sites is 1. The number of nitrogens with one attached hydrogen (secondary N) is 1. The summed E-state index contributed by atoms with van der Waals surface area (Å²) in [7, 11) is 0. The summed E-state index contributed by atoms with van der Waals surface area (Å²) in [6, 6.07) is 15.5. The monoisotopic (exact) mass is 337 g/mol. The summed E-state index contributed by atoms with van der Waals surface area (Å²) in [6.45, 7) is 2.46. The fourth-order valence-electron chi connectivity index (χ4n) is 2.87. The van der Waals surface area contributed by atoms with Crippen molar-refractivity contribution in [2.24, 2.45) is 0 Å². The summed E-state index contributed by atoms with van der Waals surface area (Å²) < 4.78 is 13.1. The maximum atomic E-state index is 13.1. The quantitative estimate of drug-likeness (QED) is 0.875. The van der Waals surface area contributed by atoms with Crippen molar-refractivity contribution in [1.82, 2.24) is 4.90 Å². The average molecular weight is 337 g/mol. The first-order valence-electron chi connectivity index (χ1n) is 8.38. The standard InChI is InChI=1S/C20H20FN3O/c1-14(20(25)23-19-5-3-2-4-16(19)12-22)24(18-10-11-18)13-15-6-8-17(21)9-7-15/h2-9,14,18H,10-11,13H2,1H3,(H,23,25)/t14-/m0/s1. The number of amides is 1. The van der Waals surface area contributed by atoms with Crippen molar-refractivity contribution in [3.63, 3.8) is 0 Å². The molecule has 0 heterocycles. The average Bonchev–Trinajstić information content (AvgIpc) is 3.46. The number of carbonyl (C=O) groups excluding carboxylic acids is 1. The van der Waals surface area contributed by atoms with E-state index < -0.39 is 0 Å². The highest BCUT2D eigenvalue weighted by Gasteiger charge is 2.35. The zero-order valence-electron chi connectivity index (χ0n) is 14.1. The van der Waals surface area contributed by atoms with E-state index in [4.69, 9.17) is 5.26 Å². The number of anilines is 1. The minimum atomic E-state index is -0.343. The van der Waals surface area contributed by atoms with Gasteiger partial charge in [-0.05, 0) is 49.6 Å². The molecule has 1 aliphatic rings. The smallest absolute Gasteiger partial charge is 0.241 e. The highest BCUT2D eigenvalue weighted by molar-refractivity contribution is 5.95. The van der Waals surface area contributed by atoms with Crippen LogP contribution < -0.4 is 5.32 Å². The number of nitrogens with zero attached hydrogens (tertiary/aromatic N) is 2. The lowest BCUT2D eigenvalue weighted by atomic mass is 10.1. The number of benzene rings is 2. The van der Waals surface area contributed by atoms with E-state index in [2.05, 4.69) is 16.3 Å². The first-order chi connectivity index (χ1) is 12.1. The normalized spacial score (nSPS) is 14.8. The zero-order valence-corrected chi connectivity index (χ0v) is 14.1. The van der Waals surface area contributed by atoms with Crippen LogP contribution in [0.4, 0.5) is 10.1 Å². The number of carbonyl (C=O) groups is 1. The molecule has 1 N–H and O–H groups in total. The Kier molecular flexibility index (Phi) is 5.11. The minimum Gasteiger partial charge on any atom is -0.324 e. The molecule has 128 valence electrons. The molecule has 2 aromatic carbocycles. The van der Waals surface area contributed by atoms with Gasteiger partial charge in [-0.15, -0.1) is 0 Å². The van der Waals surface area contributed by atoms with Gasteiger partial charge in [0, 0.05) is 12.6 Å².